The molecule has 0 aromatic carbocycles. The Bertz CT molecular complexity index is 235. The Morgan fingerprint density at radius 1 is 1.80 bits per heavy atom. The van der Waals surface area contributed by atoms with Gasteiger partial charge in [0.15, 0.2) is 0 Å². The minimum Gasteiger partial charge on any atom is -0.477 e. The van der Waals surface area contributed by atoms with Crippen LogP contribution in [0.3, 0.4) is 0 Å². The maximum atomic E-state index is 5.78. The van der Waals surface area contributed by atoms with Gasteiger partial charge in [0, 0.05) is 12.5 Å². The molecule has 0 fully saturated rings. The maximum absolute atomic E-state index is 5.78. The lowest BCUT2D eigenvalue weighted by molar-refractivity contribution is 0.262. The Labute approximate surface area is 62.8 Å². The largest absolute Gasteiger partial charge is 0.477 e. The average molecular weight is 156 g/mol. The van der Waals surface area contributed by atoms with Gasteiger partial charge in [0.25, 0.3) is 0 Å². The summed E-state index contributed by atoms with van der Waals surface area (Å²) in [6.45, 7) is 0.706. The minimum absolute atomic E-state index is 0.149. The van der Waals surface area contributed by atoms with Crippen LogP contribution < -0.4 is 10.5 Å². The fraction of sp³-hybridized carbons (Fsp3) is 0.500. The number of aromatic nitrogens is 1. The van der Waals surface area contributed by atoms with Crippen molar-refractivity contribution in [1.82, 2.24) is 4.98 Å². The van der Waals surface area contributed by atoms with Crippen molar-refractivity contribution in [3.05, 3.63) is 10.4 Å². The Morgan fingerprint density at radius 3 is 3.50 bits per heavy atom. The molecule has 1 aliphatic rings. The average Bonchev–Trinajstić information content (AvgIpc) is 2.36. The topological polar surface area (TPSA) is 48.1 Å². The third kappa shape index (κ3) is 0.803. The van der Waals surface area contributed by atoms with Crippen LogP contribution in [-0.2, 0) is 0 Å². The predicted molar refractivity (Wildman–Crippen MR) is 39.2 cm³/mol. The second kappa shape index (κ2) is 2.21. The second-order valence-corrected chi connectivity index (χ2v) is 3.15. The molecule has 1 aromatic rings. The summed E-state index contributed by atoms with van der Waals surface area (Å²) in [6.07, 6.45) is 0.912. The third-order valence-electron chi connectivity index (χ3n) is 1.56. The molecule has 1 aliphatic heterocycles. The number of thiazole rings is 1. The molecule has 0 spiro atoms. The predicted octanol–water partition coefficient (Wildman–Crippen LogP) is 0.925. The van der Waals surface area contributed by atoms with E-state index in [2.05, 4.69) is 4.98 Å². The summed E-state index contributed by atoms with van der Waals surface area (Å²) in [4.78, 5) is 5.11. The summed E-state index contributed by atoms with van der Waals surface area (Å²) in [7, 11) is 0. The third-order valence-corrected chi connectivity index (χ3v) is 2.51. The van der Waals surface area contributed by atoms with Crippen LogP contribution in [0.4, 0.5) is 0 Å². The lowest BCUT2D eigenvalue weighted by atomic mass is 10.2. The van der Waals surface area contributed by atoms with Gasteiger partial charge >= 0.3 is 0 Å². The van der Waals surface area contributed by atoms with Crippen LogP contribution >= 0.6 is 11.3 Å². The summed E-state index contributed by atoms with van der Waals surface area (Å²) in [5.74, 6) is 0.740. The quantitative estimate of drug-likeness (QED) is 0.607. The van der Waals surface area contributed by atoms with Crippen molar-refractivity contribution in [2.75, 3.05) is 6.61 Å². The van der Waals surface area contributed by atoms with Crippen molar-refractivity contribution in [2.24, 2.45) is 5.73 Å². The van der Waals surface area contributed by atoms with Crippen LogP contribution in [0.2, 0.25) is 0 Å². The van der Waals surface area contributed by atoms with E-state index in [1.807, 2.05) is 0 Å². The number of hydrogen-bond acceptors (Lipinski definition) is 4. The van der Waals surface area contributed by atoms with E-state index in [0.29, 0.717) is 6.61 Å². The van der Waals surface area contributed by atoms with Crippen LogP contribution in [-0.4, -0.2) is 11.6 Å². The minimum atomic E-state index is 0.149. The molecule has 1 aromatic heterocycles. The van der Waals surface area contributed by atoms with Crippen LogP contribution in [0, 0.1) is 0 Å². The first-order chi connectivity index (χ1) is 4.88. The number of ether oxygens (including phenoxy) is 1. The zero-order chi connectivity index (χ0) is 6.97. The molecule has 0 bridgehead atoms. The van der Waals surface area contributed by atoms with Crippen LogP contribution in [0.15, 0.2) is 5.51 Å². The van der Waals surface area contributed by atoms with E-state index in [4.69, 9.17) is 10.5 Å². The van der Waals surface area contributed by atoms with Gasteiger partial charge in [-0.2, -0.15) is 0 Å². The van der Waals surface area contributed by atoms with E-state index in [-0.39, 0.29) is 6.04 Å². The molecule has 3 nitrogen and oxygen atoms in total. The Balaban J connectivity index is 2.41. The molecule has 0 saturated carbocycles. The fourth-order valence-corrected chi connectivity index (χ4v) is 1.78. The van der Waals surface area contributed by atoms with Crippen LogP contribution in [0.25, 0.3) is 0 Å². The lowest BCUT2D eigenvalue weighted by Gasteiger charge is -2.16. The summed E-state index contributed by atoms with van der Waals surface area (Å²) in [6, 6.07) is 0.149. The van der Waals surface area contributed by atoms with Gasteiger partial charge in [0.2, 0.25) is 5.88 Å². The van der Waals surface area contributed by atoms with E-state index >= 15 is 0 Å². The van der Waals surface area contributed by atoms with Gasteiger partial charge in [-0.05, 0) is 0 Å². The fourth-order valence-electron chi connectivity index (χ4n) is 1.01. The van der Waals surface area contributed by atoms with E-state index < -0.39 is 0 Å². The highest BCUT2D eigenvalue weighted by Gasteiger charge is 2.19. The van der Waals surface area contributed by atoms with Gasteiger partial charge in [-0.25, -0.2) is 4.98 Å². The van der Waals surface area contributed by atoms with Gasteiger partial charge in [-0.15, -0.1) is 11.3 Å². The molecule has 0 saturated heterocycles. The monoisotopic (exact) mass is 156 g/mol. The molecular weight excluding hydrogens is 148 g/mol. The Hall–Kier alpha value is -0.610. The molecule has 0 amide bonds. The smallest absolute Gasteiger partial charge is 0.229 e. The molecule has 0 aliphatic carbocycles. The summed E-state index contributed by atoms with van der Waals surface area (Å²) < 4.78 is 5.25. The molecule has 54 valence electrons. The van der Waals surface area contributed by atoms with Crippen LogP contribution in [0.5, 0.6) is 5.88 Å². The first-order valence-electron chi connectivity index (χ1n) is 3.19. The van der Waals surface area contributed by atoms with E-state index in [0.717, 1.165) is 17.2 Å². The lowest BCUT2D eigenvalue weighted by Crippen LogP contribution is -2.18. The SMILES string of the molecule is NC1CCOc2ncsc21. The van der Waals surface area contributed by atoms with Crippen molar-refractivity contribution < 1.29 is 4.74 Å². The van der Waals surface area contributed by atoms with Gasteiger partial charge in [-0.1, -0.05) is 0 Å². The van der Waals surface area contributed by atoms with E-state index in [9.17, 15) is 0 Å². The number of nitrogens with zero attached hydrogens (tertiary/aromatic N) is 1. The summed E-state index contributed by atoms with van der Waals surface area (Å²) >= 11 is 1.57. The van der Waals surface area contributed by atoms with Crippen molar-refractivity contribution in [1.29, 1.82) is 0 Å². The molecule has 4 heteroatoms. The molecule has 1 atom stereocenters. The van der Waals surface area contributed by atoms with Crippen molar-refractivity contribution in [3.8, 4) is 5.88 Å². The summed E-state index contributed by atoms with van der Waals surface area (Å²) in [5, 5.41) is 0. The standard InChI is InChI=1S/C6H8N2OS/c7-4-1-2-9-6-5(4)10-3-8-6/h3-4H,1-2,7H2. The van der Waals surface area contributed by atoms with Gasteiger partial charge < -0.3 is 10.5 Å². The van der Waals surface area contributed by atoms with Crippen molar-refractivity contribution in [2.45, 2.75) is 12.5 Å². The Morgan fingerprint density at radius 2 is 2.70 bits per heavy atom. The van der Waals surface area contributed by atoms with Gasteiger partial charge in [0.1, 0.15) is 0 Å². The second-order valence-electron chi connectivity index (χ2n) is 2.27. The van der Waals surface area contributed by atoms with Gasteiger partial charge in [-0.3, -0.25) is 0 Å². The number of nitrogens with two attached hydrogens (primary N) is 1. The number of rotatable bonds is 0. The maximum Gasteiger partial charge on any atom is 0.229 e. The number of hydrogen-bond donors (Lipinski definition) is 1. The molecule has 2 rings (SSSR count). The number of fused-ring (bicyclic) bond motifs is 1. The molecule has 2 heterocycles. The molecule has 1 unspecified atom stereocenters. The van der Waals surface area contributed by atoms with Crippen molar-refractivity contribution in [3.63, 3.8) is 0 Å². The summed E-state index contributed by atoms with van der Waals surface area (Å²) in [5.41, 5.74) is 7.55. The first kappa shape index (κ1) is 6.12. The zero-order valence-corrected chi connectivity index (χ0v) is 6.23. The normalized spacial score (nSPS) is 23.5. The Kier molecular flexibility index (Phi) is 1.35. The van der Waals surface area contributed by atoms with E-state index in [1.165, 1.54) is 0 Å². The molecule has 10 heavy (non-hydrogen) atoms. The van der Waals surface area contributed by atoms with Crippen molar-refractivity contribution >= 4 is 11.3 Å². The van der Waals surface area contributed by atoms with Gasteiger partial charge in [0.05, 0.1) is 17.0 Å². The zero-order valence-electron chi connectivity index (χ0n) is 5.41. The molecule has 2 N–H and O–H groups in total. The first-order valence-corrected chi connectivity index (χ1v) is 4.07. The highest BCUT2D eigenvalue weighted by atomic mass is 32.1. The highest BCUT2D eigenvalue weighted by molar-refractivity contribution is 7.10. The molecular formula is C6H8N2OS. The highest BCUT2D eigenvalue weighted by Crippen LogP contribution is 2.32. The molecule has 0 radical (unpaired) electrons. The van der Waals surface area contributed by atoms with E-state index in [1.54, 1.807) is 16.8 Å². The van der Waals surface area contributed by atoms with Crippen LogP contribution in [0.1, 0.15) is 17.3 Å².